The van der Waals surface area contributed by atoms with Crippen LogP contribution in [-0.2, 0) is 4.74 Å². The molecule has 1 aliphatic carbocycles. The van der Waals surface area contributed by atoms with E-state index in [9.17, 15) is 4.39 Å². The average Bonchev–Trinajstić information content (AvgIpc) is 3.08. The van der Waals surface area contributed by atoms with Crippen LogP contribution in [0.1, 0.15) is 24.3 Å². The van der Waals surface area contributed by atoms with Gasteiger partial charge in [-0.05, 0) is 36.5 Å². The molecule has 0 aliphatic heterocycles. The Morgan fingerprint density at radius 2 is 2.25 bits per heavy atom. The molecular formula is C13H16BrFO. The number of hydrogen-bond acceptors (Lipinski definition) is 1. The highest BCUT2D eigenvalue weighted by atomic mass is 79.9. The van der Waals surface area contributed by atoms with Crippen molar-refractivity contribution in [3.05, 3.63) is 35.6 Å². The summed E-state index contributed by atoms with van der Waals surface area (Å²) in [5.41, 5.74) is 1.01. The van der Waals surface area contributed by atoms with Crippen LogP contribution in [0.5, 0.6) is 0 Å². The first-order valence-corrected chi connectivity index (χ1v) is 6.81. The fourth-order valence-electron chi connectivity index (χ4n) is 1.65. The number of halogens is 2. The Morgan fingerprint density at radius 1 is 1.44 bits per heavy atom. The Morgan fingerprint density at radius 3 is 2.88 bits per heavy atom. The predicted molar refractivity (Wildman–Crippen MR) is 66.5 cm³/mol. The van der Waals surface area contributed by atoms with E-state index in [1.807, 2.05) is 6.07 Å². The SMILES string of the molecule is Fc1cccc(C(CBr)COCC2CC2)c1. The van der Waals surface area contributed by atoms with Crippen molar-refractivity contribution in [3.63, 3.8) is 0 Å². The van der Waals surface area contributed by atoms with Crippen LogP contribution in [0.3, 0.4) is 0 Å². The molecule has 1 saturated carbocycles. The molecule has 1 aromatic rings. The lowest BCUT2D eigenvalue weighted by Crippen LogP contribution is -2.11. The van der Waals surface area contributed by atoms with Crippen LogP contribution < -0.4 is 0 Å². The first kappa shape index (κ1) is 12.1. The van der Waals surface area contributed by atoms with Gasteiger partial charge in [0.1, 0.15) is 5.82 Å². The van der Waals surface area contributed by atoms with Crippen LogP contribution in [0.4, 0.5) is 4.39 Å². The molecular weight excluding hydrogens is 271 g/mol. The smallest absolute Gasteiger partial charge is 0.123 e. The van der Waals surface area contributed by atoms with Gasteiger partial charge >= 0.3 is 0 Å². The molecule has 0 bridgehead atoms. The molecule has 0 saturated heterocycles. The van der Waals surface area contributed by atoms with Gasteiger partial charge in [-0.2, -0.15) is 0 Å². The van der Waals surface area contributed by atoms with E-state index in [1.165, 1.54) is 18.9 Å². The highest BCUT2D eigenvalue weighted by molar-refractivity contribution is 9.09. The van der Waals surface area contributed by atoms with Crippen molar-refractivity contribution < 1.29 is 9.13 Å². The quantitative estimate of drug-likeness (QED) is 0.724. The van der Waals surface area contributed by atoms with Crippen molar-refractivity contribution >= 4 is 15.9 Å². The molecule has 1 aromatic carbocycles. The molecule has 1 nitrogen and oxygen atoms in total. The summed E-state index contributed by atoms with van der Waals surface area (Å²) in [6.45, 7) is 1.53. The van der Waals surface area contributed by atoms with Gasteiger partial charge in [0.2, 0.25) is 0 Å². The van der Waals surface area contributed by atoms with E-state index in [1.54, 1.807) is 12.1 Å². The lowest BCUT2D eigenvalue weighted by Gasteiger charge is -2.14. The molecule has 1 aliphatic rings. The molecule has 88 valence electrons. The maximum absolute atomic E-state index is 13.1. The standard InChI is InChI=1S/C13H16BrFO/c14-7-12(9-16-8-10-4-5-10)11-2-1-3-13(15)6-11/h1-3,6,10,12H,4-5,7-9H2. The highest BCUT2D eigenvalue weighted by Crippen LogP contribution is 2.29. The van der Waals surface area contributed by atoms with Crippen molar-refractivity contribution in [3.8, 4) is 0 Å². The molecule has 0 amide bonds. The minimum atomic E-state index is -0.175. The van der Waals surface area contributed by atoms with Crippen LogP contribution in [0.25, 0.3) is 0 Å². The summed E-state index contributed by atoms with van der Waals surface area (Å²) in [5.74, 6) is 0.851. The third-order valence-corrected chi connectivity index (χ3v) is 3.66. The Kier molecular flexibility index (Phi) is 4.36. The monoisotopic (exact) mass is 286 g/mol. The Balaban J connectivity index is 1.87. The lowest BCUT2D eigenvalue weighted by atomic mass is 10.0. The topological polar surface area (TPSA) is 9.23 Å². The Labute approximate surface area is 104 Å². The van der Waals surface area contributed by atoms with Gasteiger partial charge < -0.3 is 4.74 Å². The fraction of sp³-hybridized carbons (Fsp3) is 0.538. The fourth-order valence-corrected chi connectivity index (χ4v) is 2.21. The number of ether oxygens (including phenoxy) is 1. The molecule has 1 atom stereocenters. The van der Waals surface area contributed by atoms with Crippen LogP contribution in [0.2, 0.25) is 0 Å². The summed E-state index contributed by atoms with van der Waals surface area (Å²) in [7, 11) is 0. The molecule has 0 radical (unpaired) electrons. The summed E-state index contributed by atoms with van der Waals surface area (Å²) in [6.07, 6.45) is 2.61. The van der Waals surface area contributed by atoms with E-state index in [-0.39, 0.29) is 11.7 Å². The molecule has 0 aromatic heterocycles. The van der Waals surface area contributed by atoms with E-state index < -0.39 is 0 Å². The van der Waals surface area contributed by atoms with Crippen molar-refractivity contribution in [2.45, 2.75) is 18.8 Å². The van der Waals surface area contributed by atoms with Crippen LogP contribution in [0, 0.1) is 11.7 Å². The van der Waals surface area contributed by atoms with E-state index in [0.29, 0.717) is 6.61 Å². The average molecular weight is 287 g/mol. The van der Waals surface area contributed by atoms with E-state index in [0.717, 1.165) is 23.4 Å². The number of alkyl halides is 1. The van der Waals surface area contributed by atoms with Crippen molar-refractivity contribution in [2.75, 3.05) is 18.5 Å². The number of rotatable bonds is 6. The summed E-state index contributed by atoms with van der Waals surface area (Å²) < 4.78 is 18.7. The second kappa shape index (κ2) is 5.78. The zero-order valence-corrected chi connectivity index (χ0v) is 10.7. The van der Waals surface area contributed by atoms with Crippen molar-refractivity contribution in [1.82, 2.24) is 0 Å². The van der Waals surface area contributed by atoms with Crippen LogP contribution >= 0.6 is 15.9 Å². The van der Waals surface area contributed by atoms with Gasteiger partial charge in [-0.25, -0.2) is 4.39 Å². The van der Waals surface area contributed by atoms with Gasteiger partial charge in [-0.1, -0.05) is 28.1 Å². The second-order valence-electron chi connectivity index (χ2n) is 4.39. The van der Waals surface area contributed by atoms with Crippen LogP contribution in [-0.4, -0.2) is 18.5 Å². The summed E-state index contributed by atoms with van der Waals surface area (Å²) in [4.78, 5) is 0. The highest BCUT2D eigenvalue weighted by Gasteiger charge is 2.22. The maximum atomic E-state index is 13.1. The minimum absolute atomic E-state index is 0.175. The molecule has 2 rings (SSSR count). The molecule has 16 heavy (non-hydrogen) atoms. The first-order chi connectivity index (χ1) is 7.79. The van der Waals surface area contributed by atoms with Crippen molar-refractivity contribution in [1.29, 1.82) is 0 Å². The zero-order chi connectivity index (χ0) is 11.4. The normalized spacial score (nSPS) is 17.4. The lowest BCUT2D eigenvalue weighted by molar-refractivity contribution is 0.115. The molecule has 3 heteroatoms. The third kappa shape index (κ3) is 3.56. The molecule has 0 spiro atoms. The summed E-state index contributed by atoms with van der Waals surface area (Å²) in [5, 5.41) is 0.807. The van der Waals surface area contributed by atoms with E-state index in [4.69, 9.17) is 4.74 Å². The van der Waals surface area contributed by atoms with Gasteiger partial charge in [0.25, 0.3) is 0 Å². The van der Waals surface area contributed by atoms with Gasteiger partial charge in [0, 0.05) is 17.9 Å². The number of hydrogen-bond donors (Lipinski definition) is 0. The van der Waals surface area contributed by atoms with E-state index >= 15 is 0 Å². The Bertz CT molecular complexity index is 338. The molecule has 1 fully saturated rings. The van der Waals surface area contributed by atoms with Crippen molar-refractivity contribution in [2.24, 2.45) is 5.92 Å². The molecule has 0 N–H and O–H groups in total. The second-order valence-corrected chi connectivity index (χ2v) is 5.03. The molecule has 1 unspecified atom stereocenters. The molecule has 0 heterocycles. The van der Waals surface area contributed by atoms with Gasteiger partial charge in [0.05, 0.1) is 6.61 Å². The predicted octanol–water partition coefficient (Wildman–Crippen LogP) is 3.73. The zero-order valence-electron chi connectivity index (χ0n) is 9.16. The minimum Gasteiger partial charge on any atom is -0.380 e. The van der Waals surface area contributed by atoms with Gasteiger partial charge in [-0.15, -0.1) is 0 Å². The summed E-state index contributed by atoms with van der Waals surface area (Å²) in [6, 6.07) is 6.77. The van der Waals surface area contributed by atoms with E-state index in [2.05, 4.69) is 15.9 Å². The number of benzene rings is 1. The van der Waals surface area contributed by atoms with Gasteiger partial charge in [0.15, 0.2) is 0 Å². The van der Waals surface area contributed by atoms with Crippen LogP contribution in [0.15, 0.2) is 24.3 Å². The maximum Gasteiger partial charge on any atom is 0.123 e. The van der Waals surface area contributed by atoms with Gasteiger partial charge in [-0.3, -0.25) is 0 Å². The summed E-state index contributed by atoms with van der Waals surface area (Å²) >= 11 is 3.46. The first-order valence-electron chi connectivity index (χ1n) is 5.68. The third-order valence-electron chi connectivity index (χ3n) is 2.88. The Hall–Kier alpha value is -0.410. The largest absolute Gasteiger partial charge is 0.380 e.